The fourth-order valence-corrected chi connectivity index (χ4v) is 5.26. The molecule has 9 heteroatoms. The van der Waals surface area contributed by atoms with Gasteiger partial charge in [-0.1, -0.05) is 24.3 Å². The third-order valence-corrected chi connectivity index (χ3v) is 7.24. The van der Waals surface area contributed by atoms with Gasteiger partial charge in [-0.15, -0.1) is 0 Å². The monoisotopic (exact) mass is 478 g/mol. The highest BCUT2D eigenvalue weighted by atomic mass is 16.3. The molecule has 3 amide bonds. The van der Waals surface area contributed by atoms with Crippen molar-refractivity contribution in [3.63, 3.8) is 0 Å². The van der Waals surface area contributed by atoms with E-state index in [-0.39, 0.29) is 11.9 Å². The van der Waals surface area contributed by atoms with Gasteiger partial charge in [0, 0.05) is 72.4 Å². The normalized spacial score (nSPS) is 19.4. The van der Waals surface area contributed by atoms with E-state index >= 15 is 0 Å². The topological polar surface area (TPSA) is 83.5 Å². The highest BCUT2D eigenvalue weighted by Gasteiger charge is 2.31. The second-order valence-electron chi connectivity index (χ2n) is 9.74. The number of rotatable bonds is 7. The first-order valence-electron chi connectivity index (χ1n) is 12.4. The third-order valence-electron chi connectivity index (χ3n) is 7.24. The lowest BCUT2D eigenvalue weighted by Gasteiger charge is -2.35. The van der Waals surface area contributed by atoms with Gasteiger partial charge in [0.05, 0.1) is 30.2 Å². The summed E-state index contributed by atoms with van der Waals surface area (Å²) < 4.78 is 0. The third kappa shape index (κ3) is 5.41. The van der Waals surface area contributed by atoms with Crippen molar-refractivity contribution in [1.82, 2.24) is 24.6 Å². The average Bonchev–Trinajstić information content (AvgIpc) is 3.42. The summed E-state index contributed by atoms with van der Waals surface area (Å²) in [5, 5.41) is 10.7. The van der Waals surface area contributed by atoms with E-state index in [1.807, 2.05) is 23.2 Å². The molecular weight excluding hydrogens is 444 g/mol. The lowest BCUT2D eigenvalue weighted by Crippen LogP contribution is -2.48. The van der Waals surface area contributed by atoms with Crippen LogP contribution in [0.3, 0.4) is 0 Å². The Hall–Kier alpha value is -3.17. The maximum atomic E-state index is 12.9. The van der Waals surface area contributed by atoms with Gasteiger partial charge in [0.1, 0.15) is 0 Å². The van der Waals surface area contributed by atoms with Crippen molar-refractivity contribution >= 4 is 17.6 Å². The molecule has 186 valence electrons. The lowest BCUT2D eigenvalue weighted by molar-refractivity contribution is -0.129. The number of urea groups is 1. The van der Waals surface area contributed by atoms with Crippen LogP contribution in [0.5, 0.6) is 0 Å². The summed E-state index contributed by atoms with van der Waals surface area (Å²) in [6.45, 7) is 8.98. The summed E-state index contributed by atoms with van der Waals surface area (Å²) in [6, 6.07) is 12.4. The fourth-order valence-electron chi connectivity index (χ4n) is 5.26. The maximum Gasteiger partial charge on any atom is 0.320 e. The Morgan fingerprint density at radius 2 is 1.63 bits per heavy atom. The minimum absolute atomic E-state index is 0.0417. The number of β-amino-alcohol motifs (C(OH)–C–C–N with tert-alkyl or cyclic N) is 1. The van der Waals surface area contributed by atoms with Gasteiger partial charge in [0.15, 0.2) is 0 Å². The van der Waals surface area contributed by atoms with Crippen molar-refractivity contribution < 1.29 is 14.7 Å². The number of aromatic nitrogens is 1. The molecule has 0 spiro atoms. The smallest absolute Gasteiger partial charge is 0.320 e. The molecule has 0 aliphatic carbocycles. The number of anilines is 1. The zero-order valence-corrected chi connectivity index (χ0v) is 20.3. The van der Waals surface area contributed by atoms with Gasteiger partial charge < -0.3 is 24.7 Å². The number of hydrogen-bond donors (Lipinski definition) is 1. The Kier molecular flexibility index (Phi) is 6.88. The Morgan fingerprint density at radius 1 is 0.943 bits per heavy atom. The number of amides is 3. The molecule has 0 saturated carbocycles. The highest BCUT2D eigenvalue weighted by Crippen LogP contribution is 2.23. The number of aliphatic hydroxyl groups excluding tert-OH is 1. The standard InChI is InChI=1S/C26H34N6O3/c1-20(33)29-8-10-30(11-9-29)24-7-6-23(27-14-24)17-31-12-13-32(26(31)35)19-25(34)18-28-15-21-4-2-3-5-22(21)16-28/h2-7,14,25,34H,8-13,15-19H2,1H3. The van der Waals surface area contributed by atoms with Crippen LogP contribution in [0, 0.1) is 0 Å². The summed E-state index contributed by atoms with van der Waals surface area (Å²) in [5.74, 6) is 0.122. The molecule has 0 bridgehead atoms. The summed E-state index contributed by atoms with van der Waals surface area (Å²) in [4.78, 5) is 38.9. The molecule has 3 aliphatic heterocycles. The molecule has 2 fully saturated rings. The summed E-state index contributed by atoms with van der Waals surface area (Å²) in [6.07, 6.45) is 1.28. The Morgan fingerprint density at radius 3 is 2.26 bits per heavy atom. The second-order valence-corrected chi connectivity index (χ2v) is 9.74. The van der Waals surface area contributed by atoms with Crippen LogP contribution in [-0.4, -0.2) is 100 Å². The second kappa shape index (κ2) is 10.2. The van der Waals surface area contributed by atoms with E-state index in [1.165, 1.54) is 11.1 Å². The number of nitrogens with zero attached hydrogens (tertiary/aromatic N) is 6. The predicted octanol–water partition coefficient (Wildman–Crippen LogP) is 1.36. The number of benzene rings is 1. The molecule has 0 radical (unpaired) electrons. The first kappa shape index (κ1) is 23.6. The SMILES string of the molecule is CC(=O)N1CCN(c2ccc(CN3CCN(CC(O)CN4Cc5ccccc5C4)C3=O)nc2)CC1. The number of piperazine rings is 1. The van der Waals surface area contributed by atoms with Crippen LogP contribution in [0.4, 0.5) is 10.5 Å². The van der Waals surface area contributed by atoms with Gasteiger partial charge in [-0.2, -0.15) is 0 Å². The molecular formula is C26H34N6O3. The van der Waals surface area contributed by atoms with Gasteiger partial charge in [0.2, 0.25) is 5.91 Å². The fraction of sp³-hybridized carbons (Fsp3) is 0.500. The molecule has 1 atom stereocenters. The zero-order chi connectivity index (χ0) is 24.4. The van der Waals surface area contributed by atoms with Crippen molar-refractivity contribution in [1.29, 1.82) is 0 Å². The van der Waals surface area contributed by atoms with Crippen molar-refractivity contribution in [3.8, 4) is 0 Å². The van der Waals surface area contributed by atoms with Gasteiger partial charge in [-0.3, -0.25) is 14.7 Å². The molecule has 1 N–H and O–H groups in total. The van der Waals surface area contributed by atoms with Gasteiger partial charge in [-0.25, -0.2) is 4.79 Å². The Bertz CT molecular complexity index is 1030. The number of aliphatic hydroxyl groups is 1. The minimum atomic E-state index is -0.575. The summed E-state index contributed by atoms with van der Waals surface area (Å²) in [7, 11) is 0. The molecule has 5 rings (SSSR count). The van der Waals surface area contributed by atoms with Crippen LogP contribution in [0.25, 0.3) is 0 Å². The maximum absolute atomic E-state index is 12.9. The molecule has 9 nitrogen and oxygen atoms in total. The lowest BCUT2D eigenvalue weighted by atomic mass is 10.1. The van der Waals surface area contributed by atoms with E-state index in [0.717, 1.165) is 50.6 Å². The van der Waals surface area contributed by atoms with Crippen molar-refractivity contribution in [2.75, 3.05) is 57.3 Å². The molecule has 4 heterocycles. The minimum Gasteiger partial charge on any atom is -0.390 e. The van der Waals surface area contributed by atoms with Crippen molar-refractivity contribution in [2.24, 2.45) is 0 Å². The first-order chi connectivity index (χ1) is 17.0. The summed E-state index contributed by atoms with van der Waals surface area (Å²) >= 11 is 0. The van der Waals surface area contributed by atoms with E-state index in [4.69, 9.17) is 0 Å². The Balaban J connectivity index is 1.08. The van der Waals surface area contributed by atoms with Gasteiger partial charge in [0.25, 0.3) is 0 Å². The number of carbonyl (C=O) groups is 2. The first-order valence-corrected chi connectivity index (χ1v) is 12.4. The van der Waals surface area contributed by atoms with Crippen LogP contribution in [0.2, 0.25) is 0 Å². The van der Waals surface area contributed by atoms with E-state index in [9.17, 15) is 14.7 Å². The Labute approximate surface area is 206 Å². The van der Waals surface area contributed by atoms with Gasteiger partial charge >= 0.3 is 6.03 Å². The highest BCUT2D eigenvalue weighted by molar-refractivity contribution is 5.76. The number of fused-ring (bicyclic) bond motifs is 1. The van der Waals surface area contributed by atoms with E-state index in [2.05, 4.69) is 39.0 Å². The molecule has 3 aliphatic rings. The molecule has 1 aromatic heterocycles. The number of pyridine rings is 1. The van der Waals surface area contributed by atoms with Crippen molar-refractivity contribution in [3.05, 3.63) is 59.4 Å². The zero-order valence-electron chi connectivity index (χ0n) is 20.3. The van der Waals surface area contributed by atoms with Crippen LogP contribution in [-0.2, 0) is 24.4 Å². The molecule has 1 aromatic carbocycles. The number of hydrogen-bond acceptors (Lipinski definition) is 6. The predicted molar refractivity (Wildman–Crippen MR) is 133 cm³/mol. The van der Waals surface area contributed by atoms with Crippen molar-refractivity contribution in [2.45, 2.75) is 32.7 Å². The quantitative estimate of drug-likeness (QED) is 0.647. The van der Waals surface area contributed by atoms with E-state index < -0.39 is 6.10 Å². The average molecular weight is 479 g/mol. The largest absolute Gasteiger partial charge is 0.390 e. The van der Waals surface area contributed by atoms with Gasteiger partial charge in [-0.05, 0) is 23.3 Å². The van der Waals surface area contributed by atoms with E-state index in [0.29, 0.717) is 32.7 Å². The van der Waals surface area contributed by atoms with Crippen LogP contribution < -0.4 is 4.90 Å². The molecule has 1 unspecified atom stereocenters. The molecule has 35 heavy (non-hydrogen) atoms. The van der Waals surface area contributed by atoms with Crippen LogP contribution in [0.15, 0.2) is 42.6 Å². The van der Waals surface area contributed by atoms with Crippen LogP contribution >= 0.6 is 0 Å². The molecule has 2 saturated heterocycles. The summed E-state index contributed by atoms with van der Waals surface area (Å²) in [5.41, 5.74) is 4.53. The van der Waals surface area contributed by atoms with Crippen LogP contribution in [0.1, 0.15) is 23.7 Å². The molecule has 2 aromatic rings. The van der Waals surface area contributed by atoms with E-state index in [1.54, 1.807) is 16.7 Å². The number of carbonyl (C=O) groups excluding carboxylic acids is 2.